The highest BCUT2D eigenvalue weighted by atomic mass is 32.2. The topological polar surface area (TPSA) is 116 Å². The number of aryl methyl sites for hydroxylation is 1. The standard InChI is InChI=1S/C23H23N3O5S2/c1-14-22(32(4,28)29)21(15-8-6-5-7-9-15)20(24-14)13-18-17-12-16(33(30,31)26(2)3)10-11-19(17)25-23(18)27/h5-13,24H,1-4H3,(H,25,27)/b18-13-. The molecule has 1 aliphatic heterocycles. The van der Waals surface area contributed by atoms with Gasteiger partial charge in [0.15, 0.2) is 9.84 Å². The Kier molecular flexibility index (Phi) is 5.55. The fourth-order valence-electron chi connectivity index (χ4n) is 3.92. The number of nitrogens with zero attached hydrogens (tertiary/aromatic N) is 1. The predicted molar refractivity (Wildman–Crippen MR) is 128 cm³/mol. The minimum atomic E-state index is -3.71. The van der Waals surface area contributed by atoms with E-state index >= 15 is 0 Å². The number of hydrogen-bond donors (Lipinski definition) is 2. The first-order valence-electron chi connectivity index (χ1n) is 9.99. The van der Waals surface area contributed by atoms with Crippen molar-refractivity contribution in [2.24, 2.45) is 0 Å². The highest BCUT2D eigenvalue weighted by molar-refractivity contribution is 7.91. The molecule has 1 aliphatic rings. The molecule has 0 unspecified atom stereocenters. The van der Waals surface area contributed by atoms with E-state index in [1.165, 1.54) is 26.2 Å². The number of fused-ring (bicyclic) bond motifs is 1. The smallest absolute Gasteiger partial charge is 0.256 e. The van der Waals surface area contributed by atoms with Crippen LogP contribution in [0.1, 0.15) is 17.0 Å². The molecule has 4 rings (SSSR count). The third-order valence-corrected chi connectivity index (χ3v) is 8.50. The van der Waals surface area contributed by atoms with Crippen molar-refractivity contribution < 1.29 is 21.6 Å². The lowest BCUT2D eigenvalue weighted by Crippen LogP contribution is -2.22. The Morgan fingerprint density at radius 1 is 0.970 bits per heavy atom. The highest BCUT2D eigenvalue weighted by Crippen LogP contribution is 2.39. The van der Waals surface area contributed by atoms with E-state index in [2.05, 4.69) is 10.3 Å². The number of amides is 1. The van der Waals surface area contributed by atoms with Crippen molar-refractivity contribution in [2.45, 2.75) is 16.7 Å². The van der Waals surface area contributed by atoms with E-state index in [4.69, 9.17) is 0 Å². The van der Waals surface area contributed by atoms with Crippen LogP contribution in [0.5, 0.6) is 0 Å². The van der Waals surface area contributed by atoms with Crippen LogP contribution in [-0.2, 0) is 24.7 Å². The number of hydrogen-bond acceptors (Lipinski definition) is 5. The van der Waals surface area contributed by atoms with Gasteiger partial charge in [0.2, 0.25) is 10.0 Å². The lowest BCUT2D eigenvalue weighted by Gasteiger charge is -2.12. The van der Waals surface area contributed by atoms with Gasteiger partial charge in [-0.1, -0.05) is 30.3 Å². The molecule has 3 aromatic rings. The molecule has 0 fully saturated rings. The molecule has 0 aliphatic carbocycles. The number of rotatable bonds is 5. The number of carbonyl (C=O) groups is 1. The summed E-state index contributed by atoms with van der Waals surface area (Å²) in [5, 5.41) is 2.74. The van der Waals surface area contributed by atoms with Gasteiger partial charge in [-0.05, 0) is 36.8 Å². The molecular weight excluding hydrogens is 462 g/mol. The first kappa shape index (κ1) is 23.0. The Morgan fingerprint density at radius 3 is 2.24 bits per heavy atom. The van der Waals surface area contributed by atoms with Gasteiger partial charge in [-0.3, -0.25) is 4.79 Å². The van der Waals surface area contributed by atoms with Crippen LogP contribution in [0.3, 0.4) is 0 Å². The molecule has 33 heavy (non-hydrogen) atoms. The van der Waals surface area contributed by atoms with Crippen molar-refractivity contribution in [3.05, 3.63) is 65.5 Å². The van der Waals surface area contributed by atoms with E-state index in [0.717, 1.165) is 10.6 Å². The first-order chi connectivity index (χ1) is 15.4. The van der Waals surface area contributed by atoms with Gasteiger partial charge in [-0.25, -0.2) is 21.1 Å². The molecule has 0 atom stereocenters. The molecule has 2 heterocycles. The number of aromatic nitrogens is 1. The van der Waals surface area contributed by atoms with Gasteiger partial charge in [0, 0.05) is 48.6 Å². The molecule has 172 valence electrons. The lowest BCUT2D eigenvalue weighted by molar-refractivity contribution is -0.110. The van der Waals surface area contributed by atoms with Crippen molar-refractivity contribution in [1.29, 1.82) is 0 Å². The molecule has 0 bridgehead atoms. The fraction of sp³-hybridized carbons (Fsp3) is 0.174. The summed E-state index contributed by atoms with van der Waals surface area (Å²) in [6, 6.07) is 13.5. The van der Waals surface area contributed by atoms with Crippen LogP contribution in [0.2, 0.25) is 0 Å². The quantitative estimate of drug-likeness (QED) is 0.539. The SMILES string of the molecule is Cc1[nH]c(/C=C2\C(=O)Nc3ccc(S(=O)(=O)N(C)C)cc32)c(-c2ccccc2)c1S(C)(=O)=O. The Hall–Kier alpha value is -3.21. The third-order valence-electron chi connectivity index (χ3n) is 5.43. The molecule has 0 saturated carbocycles. The van der Waals surface area contributed by atoms with Gasteiger partial charge in [-0.2, -0.15) is 0 Å². The van der Waals surface area contributed by atoms with Crippen LogP contribution in [0, 0.1) is 6.92 Å². The zero-order valence-corrected chi connectivity index (χ0v) is 20.1. The molecule has 0 spiro atoms. The van der Waals surface area contributed by atoms with Gasteiger partial charge in [0.05, 0.1) is 15.4 Å². The summed E-state index contributed by atoms with van der Waals surface area (Å²) in [6.45, 7) is 1.66. The Morgan fingerprint density at radius 2 is 1.64 bits per heavy atom. The number of carbonyl (C=O) groups excluding carboxylic acids is 1. The van der Waals surface area contributed by atoms with Crippen molar-refractivity contribution in [1.82, 2.24) is 9.29 Å². The second-order valence-electron chi connectivity index (χ2n) is 8.01. The minimum absolute atomic E-state index is 0.0522. The van der Waals surface area contributed by atoms with Crippen molar-refractivity contribution in [3.63, 3.8) is 0 Å². The summed E-state index contributed by atoms with van der Waals surface area (Å²) in [6.07, 6.45) is 2.71. The van der Waals surface area contributed by atoms with Crippen LogP contribution in [0.25, 0.3) is 22.8 Å². The number of H-pyrrole nitrogens is 1. The Bertz CT molecular complexity index is 1520. The summed E-state index contributed by atoms with van der Waals surface area (Å²) in [4.78, 5) is 16.1. The van der Waals surface area contributed by atoms with Crippen LogP contribution >= 0.6 is 0 Å². The van der Waals surface area contributed by atoms with Crippen LogP contribution in [0.15, 0.2) is 58.3 Å². The van der Waals surface area contributed by atoms with Crippen LogP contribution < -0.4 is 5.32 Å². The molecule has 0 saturated heterocycles. The van der Waals surface area contributed by atoms with E-state index in [9.17, 15) is 21.6 Å². The number of sulfonamides is 1. The van der Waals surface area contributed by atoms with Crippen molar-refractivity contribution in [2.75, 3.05) is 25.7 Å². The maximum absolute atomic E-state index is 12.8. The summed E-state index contributed by atoms with van der Waals surface area (Å²) in [7, 11) is -4.42. The van der Waals surface area contributed by atoms with Crippen molar-refractivity contribution >= 4 is 43.1 Å². The zero-order valence-electron chi connectivity index (χ0n) is 18.5. The molecule has 1 amide bonds. The molecule has 0 radical (unpaired) electrons. The van der Waals surface area contributed by atoms with Crippen LogP contribution in [0.4, 0.5) is 5.69 Å². The maximum atomic E-state index is 12.8. The number of sulfone groups is 1. The van der Waals surface area contributed by atoms with E-state index in [0.29, 0.717) is 33.8 Å². The van der Waals surface area contributed by atoms with Crippen LogP contribution in [-0.4, -0.2) is 52.4 Å². The van der Waals surface area contributed by atoms with E-state index in [1.54, 1.807) is 43.3 Å². The molecule has 2 aromatic carbocycles. The minimum Gasteiger partial charge on any atom is -0.357 e. The van der Waals surface area contributed by atoms with Gasteiger partial charge in [-0.15, -0.1) is 0 Å². The zero-order chi connectivity index (χ0) is 24.1. The average molecular weight is 486 g/mol. The molecule has 1 aromatic heterocycles. The Balaban J connectivity index is 1.96. The number of nitrogens with one attached hydrogen (secondary N) is 2. The Labute approximate surface area is 192 Å². The normalized spacial score (nSPS) is 15.2. The van der Waals surface area contributed by atoms with Crippen molar-refractivity contribution in [3.8, 4) is 11.1 Å². The van der Waals surface area contributed by atoms with Gasteiger partial charge >= 0.3 is 0 Å². The predicted octanol–water partition coefficient (Wildman–Crippen LogP) is 3.14. The maximum Gasteiger partial charge on any atom is 0.256 e. The summed E-state index contributed by atoms with van der Waals surface area (Å²) >= 11 is 0. The van der Waals surface area contributed by atoms with E-state index < -0.39 is 25.8 Å². The van der Waals surface area contributed by atoms with E-state index in [1.807, 2.05) is 6.07 Å². The second-order valence-corrected chi connectivity index (χ2v) is 12.1. The molecular formula is C23H23N3O5S2. The largest absolute Gasteiger partial charge is 0.357 e. The van der Waals surface area contributed by atoms with Gasteiger partial charge in [0.25, 0.3) is 5.91 Å². The number of anilines is 1. The van der Waals surface area contributed by atoms with Gasteiger partial charge in [0.1, 0.15) is 0 Å². The fourth-order valence-corrected chi connectivity index (χ4v) is 6.05. The molecule has 8 nitrogen and oxygen atoms in total. The molecule has 10 heteroatoms. The highest BCUT2D eigenvalue weighted by Gasteiger charge is 2.29. The number of aromatic amines is 1. The molecule has 2 N–H and O–H groups in total. The number of benzene rings is 2. The lowest BCUT2D eigenvalue weighted by atomic mass is 10.0. The van der Waals surface area contributed by atoms with E-state index in [-0.39, 0.29) is 15.4 Å². The third kappa shape index (κ3) is 4.01. The second kappa shape index (κ2) is 7.98. The monoisotopic (exact) mass is 485 g/mol. The summed E-state index contributed by atoms with van der Waals surface area (Å²) in [5.74, 6) is -0.406. The van der Waals surface area contributed by atoms with Gasteiger partial charge < -0.3 is 10.3 Å². The average Bonchev–Trinajstić information content (AvgIpc) is 3.24. The summed E-state index contributed by atoms with van der Waals surface area (Å²) < 4.78 is 51.5. The summed E-state index contributed by atoms with van der Waals surface area (Å²) in [5.41, 5.74) is 3.17. The first-order valence-corrected chi connectivity index (χ1v) is 13.3.